The minimum Gasteiger partial charge on any atom is -0.493 e. The van der Waals surface area contributed by atoms with E-state index in [-0.39, 0.29) is 5.78 Å². The maximum Gasteiger partial charge on any atom is 0.172 e. The molecule has 0 radical (unpaired) electrons. The molecular weight excluding hydrogens is 288 g/mol. The van der Waals surface area contributed by atoms with Crippen LogP contribution in [0.1, 0.15) is 24.2 Å². The lowest BCUT2D eigenvalue weighted by Gasteiger charge is -2.07. The molecule has 0 saturated heterocycles. The van der Waals surface area contributed by atoms with Crippen molar-refractivity contribution >= 4 is 33.5 Å². The summed E-state index contributed by atoms with van der Waals surface area (Å²) >= 11 is 5.04. The van der Waals surface area contributed by atoms with Crippen LogP contribution in [0.5, 0.6) is 5.75 Å². The summed E-state index contributed by atoms with van der Waals surface area (Å²) in [5, 5.41) is 0. The van der Waals surface area contributed by atoms with Crippen LogP contribution in [-0.4, -0.2) is 23.9 Å². The standard InChI is InChI=1S/C12H15BrO2S/c1-3-15-12-6-5-9(7-10(12)13)11(14)8-16-4-2/h5-7H,3-4,8H2,1-2H3. The van der Waals surface area contributed by atoms with Crippen molar-refractivity contribution in [1.29, 1.82) is 0 Å². The third-order valence-corrected chi connectivity index (χ3v) is 3.49. The van der Waals surface area contributed by atoms with Crippen LogP contribution in [0.2, 0.25) is 0 Å². The van der Waals surface area contributed by atoms with Gasteiger partial charge in [0.05, 0.1) is 16.8 Å². The van der Waals surface area contributed by atoms with Gasteiger partial charge in [-0.2, -0.15) is 11.8 Å². The lowest BCUT2D eigenvalue weighted by molar-refractivity contribution is 0.102. The van der Waals surface area contributed by atoms with Crippen LogP contribution in [0, 0.1) is 0 Å². The molecule has 0 aliphatic rings. The van der Waals surface area contributed by atoms with Crippen LogP contribution in [0.15, 0.2) is 22.7 Å². The van der Waals surface area contributed by atoms with Gasteiger partial charge in [-0.1, -0.05) is 6.92 Å². The first-order valence-electron chi connectivity index (χ1n) is 5.22. The van der Waals surface area contributed by atoms with Crippen molar-refractivity contribution in [1.82, 2.24) is 0 Å². The Kier molecular flexibility index (Phi) is 5.91. The molecule has 1 aromatic carbocycles. The van der Waals surface area contributed by atoms with Crippen LogP contribution >= 0.6 is 27.7 Å². The first-order valence-corrected chi connectivity index (χ1v) is 7.17. The van der Waals surface area contributed by atoms with Crippen molar-refractivity contribution in [3.05, 3.63) is 28.2 Å². The van der Waals surface area contributed by atoms with E-state index in [2.05, 4.69) is 15.9 Å². The number of thioether (sulfide) groups is 1. The summed E-state index contributed by atoms with van der Waals surface area (Å²) in [5.74, 6) is 2.44. The highest BCUT2D eigenvalue weighted by Gasteiger charge is 2.08. The highest BCUT2D eigenvalue weighted by atomic mass is 79.9. The highest BCUT2D eigenvalue weighted by molar-refractivity contribution is 9.10. The zero-order valence-corrected chi connectivity index (χ0v) is 11.9. The van der Waals surface area contributed by atoms with E-state index in [4.69, 9.17) is 4.74 Å². The fraction of sp³-hybridized carbons (Fsp3) is 0.417. The van der Waals surface area contributed by atoms with E-state index in [1.54, 1.807) is 11.8 Å². The quantitative estimate of drug-likeness (QED) is 0.748. The highest BCUT2D eigenvalue weighted by Crippen LogP contribution is 2.26. The fourth-order valence-electron chi connectivity index (χ4n) is 1.22. The molecule has 1 rings (SSSR count). The van der Waals surface area contributed by atoms with E-state index in [1.807, 2.05) is 32.0 Å². The summed E-state index contributed by atoms with van der Waals surface area (Å²) in [7, 11) is 0. The fourth-order valence-corrected chi connectivity index (χ4v) is 2.27. The SMILES string of the molecule is CCOc1ccc(C(=O)CSCC)cc1Br. The Morgan fingerprint density at radius 2 is 2.19 bits per heavy atom. The molecule has 0 amide bonds. The van der Waals surface area contributed by atoms with Crippen molar-refractivity contribution in [2.75, 3.05) is 18.1 Å². The molecule has 0 aliphatic carbocycles. The van der Waals surface area contributed by atoms with Crippen molar-refractivity contribution in [3.8, 4) is 5.75 Å². The lowest BCUT2D eigenvalue weighted by atomic mass is 10.1. The summed E-state index contributed by atoms with van der Waals surface area (Å²) in [4.78, 5) is 11.7. The smallest absolute Gasteiger partial charge is 0.172 e. The van der Waals surface area contributed by atoms with Gasteiger partial charge in [0.25, 0.3) is 0 Å². The molecule has 0 aromatic heterocycles. The van der Waals surface area contributed by atoms with Crippen LogP contribution < -0.4 is 4.74 Å². The van der Waals surface area contributed by atoms with Crippen molar-refractivity contribution in [2.24, 2.45) is 0 Å². The Morgan fingerprint density at radius 3 is 2.75 bits per heavy atom. The molecule has 0 bridgehead atoms. The molecule has 0 fully saturated rings. The van der Waals surface area contributed by atoms with Gasteiger partial charge in [-0.3, -0.25) is 4.79 Å². The Hall–Kier alpha value is -0.480. The average molecular weight is 303 g/mol. The minimum absolute atomic E-state index is 0.163. The molecular formula is C12H15BrO2S. The average Bonchev–Trinajstić information content (AvgIpc) is 2.29. The van der Waals surface area contributed by atoms with Gasteiger partial charge in [-0.15, -0.1) is 0 Å². The summed E-state index contributed by atoms with van der Waals surface area (Å²) in [6.07, 6.45) is 0. The molecule has 0 N–H and O–H groups in total. The van der Waals surface area contributed by atoms with Gasteiger partial charge in [-0.05, 0) is 46.8 Å². The van der Waals surface area contributed by atoms with E-state index < -0.39 is 0 Å². The molecule has 16 heavy (non-hydrogen) atoms. The van der Waals surface area contributed by atoms with Crippen LogP contribution in [0.3, 0.4) is 0 Å². The van der Waals surface area contributed by atoms with Gasteiger partial charge in [-0.25, -0.2) is 0 Å². The van der Waals surface area contributed by atoms with Gasteiger partial charge in [0.2, 0.25) is 0 Å². The van der Waals surface area contributed by atoms with Gasteiger partial charge in [0.15, 0.2) is 5.78 Å². The first-order chi connectivity index (χ1) is 7.69. The number of ketones is 1. The molecule has 1 aromatic rings. The topological polar surface area (TPSA) is 26.3 Å². The number of carbonyl (C=O) groups excluding carboxylic acids is 1. The number of ether oxygens (including phenoxy) is 1. The van der Waals surface area contributed by atoms with E-state index in [9.17, 15) is 4.79 Å². The summed E-state index contributed by atoms with van der Waals surface area (Å²) in [6, 6.07) is 5.47. The molecule has 2 nitrogen and oxygen atoms in total. The summed E-state index contributed by atoms with van der Waals surface area (Å²) in [5.41, 5.74) is 0.733. The third-order valence-electron chi connectivity index (χ3n) is 1.99. The van der Waals surface area contributed by atoms with Crippen molar-refractivity contribution in [2.45, 2.75) is 13.8 Å². The molecule has 0 aliphatic heterocycles. The predicted octanol–water partition coefficient (Wildman–Crippen LogP) is 3.78. The lowest BCUT2D eigenvalue weighted by Crippen LogP contribution is -2.03. The summed E-state index contributed by atoms with van der Waals surface area (Å²) < 4.78 is 6.22. The molecule has 0 spiro atoms. The maximum absolute atomic E-state index is 11.7. The Bertz CT molecular complexity index is 366. The number of hydrogen-bond donors (Lipinski definition) is 0. The Morgan fingerprint density at radius 1 is 1.44 bits per heavy atom. The van der Waals surface area contributed by atoms with Crippen LogP contribution in [-0.2, 0) is 0 Å². The number of benzene rings is 1. The van der Waals surface area contributed by atoms with E-state index in [0.717, 1.165) is 21.5 Å². The molecule has 0 atom stereocenters. The molecule has 0 saturated carbocycles. The second-order valence-corrected chi connectivity index (χ2v) is 5.27. The minimum atomic E-state index is 0.163. The zero-order valence-electron chi connectivity index (χ0n) is 9.46. The van der Waals surface area contributed by atoms with Crippen LogP contribution in [0.25, 0.3) is 0 Å². The largest absolute Gasteiger partial charge is 0.493 e. The number of rotatable bonds is 6. The number of Topliss-reactive ketones (excluding diaryl/α,β-unsaturated/α-hetero) is 1. The zero-order chi connectivity index (χ0) is 12.0. The molecule has 0 unspecified atom stereocenters. The van der Waals surface area contributed by atoms with Gasteiger partial charge >= 0.3 is 0 Å². The second kappa shape index (κ2) is 6.97. The number of halogens is 1. The van der Waals surface area contributed by atoms with Crippen LogP contribution in [0.4, 0.5) is 0 Å². The number of carbonyl (C=O) groups is 1. The normalized spacial score (nSPS) is 10.2. The predicted molar refractivity (Wildman–Crippen MR) is 72.6 cm³/mol. The van der Waals surface area contributed by atoms with Crippen molar-refractivity contribution < 1.29 is 9.53 Å². The van der Waals surface area contributed by atoms with Gasteiger partial charge < -0.3 is 4.74 Å². The van der Waals surface area contributed by atoms with E-state index in [0.29, 0.717) is 12.4 Å². The molecule has 4 heteroatoms. The van der Waals surface area contributed by atoms with Gasteiger partial charge in [0.1, 0.15) is 5.75 Å². The van der Waals surface area contributed by atoms with Crippen molar-refractivity contribution in [3.63, 3.8) is 0 Å². The van der Waals surface area contributed by atoms with Gasteiger partial charge in [0, 0.05) is 5.56 Å². The molecule has 0 heterocycles. The van der Waals surface area contributed by atoms with E-state index >= 15 is 0 Å². The first kappa shape index (κ1) is 13.6. The molecule has 88 valence electrons. The third kappa shape index (κ3) is 3.83. The summed E-state index contributed by atoms with van der Waals surface area (Å²) in [6.45, 7) is 4.60. The van der Waals surface area contributed by atoms with E-state index in [1.165, 1.54) is 0 Å². The maximum atomic E-state index is 11.7. The number of hydrogen-bond acceptors (Lipinski definition) is 3. The Balaban J connectivity index is 2.76. The monoisotopic (exact) mass is 302 g/mol. The second-order valence-electron chi connectivity index (χ2n) is 3.14. The Labute approximate surface area is 109 Å².